The van der Waals surface area contributed by atoms with E-state index in [0.29, 0.717) is 44.2 Å². The molecule has 5 nitrogen and oxygen atoms in total. The van der Waals surface area contributed by atoms with E-state index in [1.54, 1.807) is 6.20 Å². The van der Waals surface area contributed by atoms with Gasteiger partial charge in [-0.2, -0.15) is 0 Å². The lowest BCUT2D eigenvalue weighted by Crippen LogP contribution is -2.48. The van der Waals surface area contributed by atoms with Crippen molar-refractivity contribution in [1.82, 2.24) is 9.88 Å². The van der Waals surface area contributed by atoms with Gasteiger partial charge in [-0.05, 0) is 29.8 Å². The first-order valence-corrected chi connectivity index (χ1v) is 9.28. The molecule has 0 aliphatic carbocycles. The number of carbonyl (C=O) groups excluding carboxylic acids is 1. The predicted octanol–water partition coefficient (Wildman–Crippen LogP) is 3.23. The number of amides is 1. The van der Waals surface area contributed by atoms with E-state index in [-0.39, 0.29) is 5.91 Å². The molecule has 2 aromatic rings. The molecule has 6 heteroatoms. The Morgan fingerprint density at radius 2 is 1.77 bits per heavy atom. The maximum Gasteiger partial charge on any atom is 0.236 e. The second-order valence-electron chi connectivity index (χ2n) is 6.67. The van der Waals surface area contributed by atoms with E-state index in [4.69, 9.17) is 21.1 Å². The Hall–Kier alpha value is -1.95. The number of nitrogens with zero attached hydrogens (tertiary/aromatic N) is 2. The minimum Gasteiger partial charge on any atom is -0.347 e. The van der Waals surface area contributed by atoms with Gasteiger partial charge in [-0.25, -0.2) is 0 Å². The summed E-state index contributed by atoms with van der Waals surface area (Å²) in [6.07, 6.45) is 3.12. The van der Waals surface area contributed by atoms with Crippen LogP contribution in [0.2, 0.25) is 5.02 Å². The molecule has 4 rings (SSSR count). The number of aromatic nitrogens is 1. The summed E-state index contributed by atoms with van der Waals surface area (Å²) in [6, 6.07) is 13.1. The molecule has 0 saturated carbocycles. The predicted molar refractivity (Wildman–Crippen MR) is 98.0 cm³/mol. The number of likely N-dealkylation sites (tertiary alicyclic amines) is 1. The zero-order chi connectivity index (χ0) is 18.0. The van der Waals surface area contributed by atoms with Crippen LogP contribution in [0.3, 0.4) is 0 Å². The lowest BCUT2D eigenvalue weighted by Gasteiger charge is -2.38. The zero-order valence-corrected chi connectivity index (χ0v) is 15.2. The third-order valence-corrected chi connectivity index (χ3v) is 5.34. The van der Waals surface area contributed by atoms with Crippen molar-refractivity contribution < 1.29 is 14.3 Å². The summed E-state index contributed by atoms with van der Waals surface area (Å²) in [5.41, 5.74) is 1.64. The van der Waals surface area contributed by atoms with E-state index in [1.165, 1.54) is 0 Å². The highest BCUT2D eigenvalue weighted by Gasteiger charge is 2.42. The zero-order valence-electron chi connectivity index (χ0n) is 14.4. The molecule has 1 aromatic carbocycles. The van der Waals surface area contributed by atoms with Gasteiger partial charge in [-0.3, -0.25) is 9.78 Å². The van der Waals surface area contributed by atoms with E-state index < -0.39 is 11.7 Å². The van der Waals surface area contributed by atoms with Crippen LogP contribution in [0, 0.1) is 0 Å². The van der Waals surface area contributed by atoms with Crippen LogP contribution in [0.4, 0.5) is 0 Å². The number of benzene rings is 1. The first-order valence-electron chi connectivity index (χ1n) is 8.90. The summed E-state index contributed by atoms with van der Waals surface area (Å²) in [4.78, 5) is 19.7. The summed E-state index contributed by atoms with van der Waals surface area (Å²) in [5.74, 6) is -0.871. The minimum atomic E-state index is -0.489. The fourth-order valence-corrected chi connectivity index (χ4v) is 3.80. The van der Waals surface area contributed by atoms with Crippen LogP contribution in [-0.4, -0.2) is 47.9 Å². The number of piperidine rings is 1. The summed E-state index contributed by atoms with van der Waals surface area (Å²) in [7, 11) is 0. The van der Waals surface area contributed by atoms with E-state index in [1.807, 2.05) is 47.4 Å². The summed E-state index contributed by atoms with van der Waals surface area (Å²) >= 11 is 6.02. The molecule has 1 spiro atoms. The van der Waals surface area contributed by atoms with Crippen molar-refractivity contribution in [1.29, 1.82) is 0 Å². The van der Waals surface area contributed by atoms with Gasteiger partial charge in [0.05, 0.1) is 18.9 Å². The monoisotopic (exact) mass is 372 g/mol. The molecule has 1 atom stereocenters. The van der Waals surface area contributed by atoms with Gasteiger partial charge in [0.2, 0.25) is 5.91 Å². The molecular formula is C20H21ClN2O3. The first kappa shape index (κ1) is 17.5. The van der Waals surface area contributed by atoms with Crippen molar-refractivity contribution in [3.05, 3.63) is 64.9 Å². The van der Waals surface area contributed by atoms with Crippen molar-refractivity contribution in [2.45, 2.75) is 24.5 Å². The Balaban J connectivity index is 1.58. The molecule has 1 aromatic heterocycles. The molecule has 2 saturated heterocycles. The molecule has 1 amide bonds. The fraction of sp³-hybridized carbons (Fsp3) is 0.400. The normalized spacial score (nSPS) is 20.3. The molecule has 0 bridgehead atoms. The fourth-order valence-electron chi connectivity index (χ4n) is 3.68. The molecule has 1 unspecified atom stereocenters. The molecule has 0 N–H and O–H groups in total. The van der Waals surface area contributed by atoms with Crippen molar-refractivity contribution in [2.24, 2.45) is 0 Å². The smallest absolute Gasteiger partial charge is 0.236 e. The average Bonchev–Trinajstić information content (AvgIpc) is 3.13. The maximum atomic E-state index is 13.4. The van der Waals surface area contributed by atoms with E-state index in [0.717, 1.165) is 11.3 Å². The quantitative estimate of drug-likeness (QED) is 0.830. The maximum absolute atomic E-state index is 13.4. The lowest BCUT2D eigenvalue weighted by molar-refractivity contribution is -0.187. The molecule has 3 heterocycles. The summed E-state index contributed by atoms with van der Waals surface area (Å²) in [6.45, 7) is 2.51. The number of carbonyl (C=O) groups is 1. The van der Waals surface area contributed by atoms with Crippen LogP contribution in [0.1, 0.15) is 30.0 Å². The Kier molecular flexibility index (Phi) is 4.94. The highest BCUT2D eigenvalue weighted by atomic mass is 35.5. The summed E-state index contributed by atoms with van der Waals surface area (Å²) in [5, 5.41) is 0.649. The SMILES string of the molecule is O=C(C(c1ccc(Cl)cc1)c1ccccn1)N1CCC2(CC1)OCCO2. The standard InChI is InChI=1S/C20H21ClN2O3/c21-16-6-4-15(5-7-16)18(17-3-1-2-10-22-17)19(24)23-11-8-20(9-12-23)25-13-14-26-20/h1-7,10,18H,8-9,11-14H2. The van der Waals surface area contributed by atoms with Gasteiger partial charge in [0.15, 0.2) is 5.79 Å². The third kappa shape index (κ3) is 3.47. The Morgan fingerprint density at radius 3 is 2.38 bits per heavy atom. The second kappa shape index (κ2) is 7.35. The highest BCUT2D eigenvalue weighted by molar-refractivity contribution is 6.30. The number of hydrogen-bond donors (Lipinski definition) is 0. The third-order valence-electron chi connectivity index (χ3n) is 5.08. The van der Waals surface area contributed by atoms with Gasteiger partial charge in [0, 0.05) is 37.2 Å². The Labute approximate surface area is 157 Å². The van der Waals surface area contributed by atoms with E-state index >= 15 is 0 Å². The molecule has 136 valence electrons. The van der Waals surface area contributed by atoms with Crippen molar-refractivity contribution >= 4 is 17.5 Å². The Bertz CT molecular complexity index is 750. The van der Waals surface area contributed by atoms with E-state index in [9.17, 15) is 4.79 Å². The summed E-state index contributed by atoms with van der Waals surface area (Å²) < 4.78 is 11.5. The molecule has 2 aliphatic heterocycles. The van der Waals surface area contributed by atoms with Crippen molar-refractivity contribution in [2.75, 3.05) is 26.3 Å². The van der Waals surface area contributed by atoms with Gasteiger partial charge in [0.1, 0.15) is 5.92 Å². The van der Waals surface area contributed by atoms with Crippen molar-refractivity contribution in [3.8, 4) is 0 Å². The number of hydrogen-bond acceptors (Lipinski definition) is 4. The number of pyridine rings is 1. The van der Waals surface area contributed by atoms with E-state index in [2.05, 4.69) is 4.98 Å². The minimum absolute atomic E-state index is 0.0545. The van der Waals surface area contributed by atoms with Gasteiger partial charge in [-0.15, -0.1) is 0 Å². The van der Waals surface area contributed by atoms with Crippen LogP contribution in [0.15, 0.2) is 48.7 Å². The van der Waals surface area contributed by atoms with Crippen molar-refractivity contribution in [3.63, 3.8) is 0 Å². The molecule has 2 fully saturated rings. The van der Waals surface area contributed by atoms with Crippen LogP contribution in [0.25, 0.3) is 0 Å². The van der Waals surface area contributed by atoms with Gasteiger partial charge in [0.25, 0.3) is 0 Å². The van der Waals surface area contributed by atoms with Gasteiger partial charge in [-0.1, -0.05) is 29.8 Å². The molecular weight excluding hydrogens is 352 g/mol. The molecule has 26 heavy (non-hydrogen) atoms. The topological polar surface area (TPSA) is 51.7 Å². The Morgan fingerprint density at radius 1 is 1.08 bits per heavy atom. The highest BCUT2D eigenvalue weighted by Crippen LogP contribution is 2.34. The molecule has 0 radical (unpaired) electrons. The first-order chi connectivity index (χ1) is 12.7. The average molecular weight is 373 g/mol. The van der Waals surface area contributed by atoms with Gasteiger partial charge >= 0.3 is 0 Å². The number of halogens is 1. The second-order valence-corrected chi connectivity index (χ2v) is 7.11. The van der Waals surface area contributed by atoms with Crippen LogP contribution in [-0.2, 0) is 14.3 Å². The number of ether oxygens (including phenoxy) is 2. The lowest BCUT2D eigenvalue weighted by atomic mass is 9.92. The van der Waals surface area contributed by atoms with Gasteiger partial charge < -0.3 is 14.4 Å². The molecule has 2 aliphatic rings. The largest absolute Gasteiger partial charge is 0.347 e. The number of rotatable bonds is 3. The van der Waals surface area contributed by atoms with Crippen LogP contribution >= 0.6 is 11.6 Å². The van der Waals surface area contributed by atoms with Crippen LogP contribution in [0.5, 0.6) is 0 Å². The van der Waals surface area contributed by atoms with Crippen LogP contribution < -0.4 is 0 Å².